The summed E-state index contributed by atoms with van der Waals surface area (Å²) < 4.78 is 5.99. The Balaban J connectivity index is 1.59. The molecule has 1 aliphatic rings. The average molecular weight is 284 g/mol. The molecule has 0 spiro atoms. The minimum atomic E-state index is 0.250. The first-order valence-electron chi connectivity index (χ1n) is 7.28. The summed E-state index contributed by atoms with van der Waals surface area (Å²) in [7, 11) is 0. The summed E-state index contributed by atoms with van der Waals surface area (Å²) in [5, 5.41) is 0. The van der Waals surface area contributed by atoms with Crippen LogP contribution in [0, 0.1) is 13.8 Å². The van der Waals surface area contributed by atoms with Crippen LogP contribution in [-0.4, -0.2) is 34.1 Å². The van der Waals surface area contributed by atoms with E-state index < -0.39 is 0 Å². The number of pyridine rings is 1. The molecule has 3 heterocycles. The molecule has 5 nitrogen and oxygen atoms in total. The zero-order chi connectivity index (χ0) is 14.7. The molecular formula is C16H20N4O. The van der Waals surface area contributed by atoms with Gasteiger partial charge in [-0.3, -0.25) is 9.97 Å². The van der Waals surface area contributed by atoms with E-state index in [9.17, 15) is 0 Å². The molecule has 2 aromatic heterocycles. The zero-order valence-electron chi connectivity index (χ0n) is 12.5. The predicted octanol–water partition coefficient (Wildman–Crippen LogP) is 2.28. The Morgan fingerprint density at radius 3 is 2.90 bits per heavy atom. The Morgan fingerprint density at radius 1 is 1.29 bits per heavy atom. The van der Waals surface area contributed by atoms with Crippen LogP contribution in [0.1, 0.15) is 23.4 Å². The number of aromatic nitrogens is 3. The molecule has 0 aromatic carbocycles. The maximum atomic E-state index is 5.99. The van der Waals surface area contributed by atoms with Crippen molar-refractivity contribution in [2.24, 2.45) is 0 Å². The molecule has 1 aliphatic heterocycles. The normalized spacial score (nSPS) is 18.2. The average Bonchev–Trinajstić information content (AvgIpc) is 2.97. The third kappa shape index (κ3) is 3.36. The van der Waals surface area contributed by atoms with Crippen LogP contribution >= 0.6 is 0 Å². The minimum absolute atomic E-state index is 0.250. The van der Waals surface area contributed by atoms with E-state index in [0.717, 1.165) is 42.3 Å². The molecule has 21 heavy (non-hydrogen) atoms. The van der Waals surface area contributed by atoms with Gasteiger partial charge in [0, 0.05) is 31.7 Å². The van der Waals surface area contributed by atoms with Crippen molar-refractivity contribution < 1.29 is 4.74 Å². The van der Waals surface area contributed by atoms with E-state index in [1.807, 2.05) is 32.2 Å². The molecule has 1 saturated heterocycles. The molecule has 1 fully saturated rings. The Hall–Kier alpha value is -2.01. The van der Waals surface area contributed by atoms with Crippen molar-refractivity contribution in [2.75, 3.05) is 18.0 Å². The van der Waals surface area contributed by atoms with Crippen LogP contribution in [0.2, 0.25) is 0 Å². The molecule has 0 saturated carbocycles. The van der Waals surface area contributed by atoms with E-state index in [1.165, 1.54) is 0 Å². The van der Waals surface area contributed by atoms with Crippen molar-refractivity contribution in [3.05, 3.63) is 47.7 Å². The lowest BCUT2D eigenvalue weighted by atomic mass is 10.3. The highest BCUT2D eigenvalue weighted by molar-refractivity contribution is 5.44. The topological polar surface area (TPSA) is 51.1 Å². The Kier molecular flexibility index (Phi) is 4.10. The van der Waals surface area contributed by atoms with Gasteiger partial charge in [0.1, 0.15) is 5.82 Å². The van der Waals surface area contributed by atoms with Gasteiger partial charge < -0.3 is 9.64 Å². The maximum absolute atomic E-state index is 5.99. The van der Waals surface area contributed by atoms with Crippen LogP contribution in [-0.2, 0) is 11.3 Å². The van der Waals surface area contributed by atoms with E-state index >= 15 is 0 Å². The second-order valence-corrected chi connectivity index (χ2v) is 5.44. The third-order valence-corrected chi connectivity index (χ3v) is 3.73. The molecule has 1 unspecified atom stereocenters. The molecule has 5 heteroatoms. The van der Waals surface area contributed by atoms with Crippen molar-refractivity contribution in [3.8, 4) is 0 Å². The number of hydrogen-bond acceptors (Lipinski definition) is 5. The van der Waals surface area contributed by atoms with Gasteiger partial charge in [-0.25, -0.2) is 4.98 Å². The molecule has 110 valence electrons. The van der Waals surface area contributed by atoms with Crippen molar-refractivity contribution in [1.29, 1.82) is 0 Å². The molecule has 0 N–H and O–H groups in total. The first-order chi connectivity index (χ1) is 10.2. The maximum Gasteiger partial charge on any atom is 0.150 e. The van der Waals surface area contributed by atoms with Gasteiger partial charge >= 0.3 is 0 Å². The van der Waals surface area contributed by atoms with Crippen LogP contribution in [0.5, 0.6) is 0 Å². The molecular weight excluding hydrogens is 264 g/mol. The molecule has 3 rings (SSSR count). The SMILES string of the molecule is Cc1cnc(C)c(N2CCC(OCc3ccncc3)C2)n1. The fourth-order valence-corrected chi connectivity index (χ4v) is 2.57. The lowest BCUT2D eigenvalue weighted by molar-refractivity contribution is 0.0553. The van der Waals surface area contributed by atoms with Gasteiger partial charge in [-0.05, 0) is 38.0 Å². The van der Waals surface area contributed by atoms with Gasteiger partial charge in [-0.2, -0.15) is 0 Å². The highest BCUT2D eigenvalue weighted by atomic mass is 16.5. The van der Waals surface area contributed by atoms with Crippen molar-refractivity contribution in [3.63, 3.8) is 0 Å². The smallest absolute Gasteiger partial charge is 0.150 e. The van der Waals surface area contributed by atoms with Crippen LogP contribution in [0.3, 0.4) is 0 Å². The van der Waals surface area contributed by atoms with Crippen LogP contribution in [0.15, 0.2) is 30.7 Å². The number of nitrogens with zero attached hydrogens (tertiary/aromatic N) is 4. The number of anilines is 1. The largest absolute Gasteiger partial charge is 0.372 e. The molecule has 0 amide bonds. The van der Waals surface area contributed by atoms with Gasteiger partial charge in [0.15, 0.2) is 0 Å². The number of hydrogen-bond donors (Lipinski definition) is 0. The van der Waals surface area contributed by atoms with Gasteiger partial charge in [0.2, 0.25) is 0 Å². The summed E-state index contributed by atoms with van der Waals surface area (Å²) >= 11 is 0. The third-order valence-electron chi connectivity index (χ3n) is 3.73. The fraction of sp³-hybridized carbons (Fsp3) is 0.438. The van der Waals surface area contributed by atoms with Gasteiger partial charge in [-0.15, -0.1) is 0 Å². The Morgan fingerprint density at radius 2 is 2.10 bits per heavy atom. The lowest BCUT2D eigenvalue weighted by Gasteiger charge is -2.19. The number of aryl methyl sites for hydroxylation is 2. The van der Waals surface area contributed by atoms with Crippen LogP contribution < -0.4 is 4.90 Å². The van der Waals surface area contributed by atoms with Crippen molar-refractivity contribution in [2.45, 2.75) is 33.0 Å². The van der Waals surface area contributed by atoms with Crippen LogP contribution in [0.25, 0.3) is 0 Å². The monoisotopic (exact) mass is 284 g/mol. The second-order valence-electron chi connectivity index (χ2n) is 5.44. The van der Waals surface area contributed by atoms with Crippen molar-refractivity contribution >= 4 is 5.82 Å². The second kappa shape index (κ2) is 6.18. The number of ether oxygens (including phenoxy) is 1. The highest BCUT2D eigenvalue weighted by Gasteiger charge is 2.25. The molecule has 1 atom stereocenters. The first kappa shape index (κ1) is 13.9. The summed E-state index contributed by atoms with van der Waals surface area (Å²) in [4.78, 5) is 15.3. The van der Waals surface area contributed by atoms with E-state index in [-0.39, 0.29) is 6.10 Å². The van der Waals surface area contributed by atoms with E-state index in [0.29, 0.717) is 6.61 Å². The van der Waals surface area contributed by atoms with Gasteiger partial charge in [0.05, 0.1) is 24.1 Å². The van der Waals surface area contributed by atoms with E-state index in [4.69, 9.17) is 4.74 Å². The molecule has 0 radical (unpaired) electrons. The van der Waals surface area contributed by atoms with Crippen LogP contribution in [0.4, 0.5) is 5.82 Å². The molecule has 0 bridgehead atoms. The zero-order valence-corrected chi connectivity index (χ0v) is 12.5. The summed E-state index contributed by atoms with van der Waals surface area (Å²) in [5.74, 6) is 0.991. The summed E-state index contributed by atoms with van der Waals surface area (Å²) in [6, 6.07) is 3.98. The van der Waals surface area contributed by atoms with Gasteiger partial charge in [0.25, 0.3) is 0 Å². The van der Waals surface area contributed by atoms with Crippen molar-refractivity contribution in [1.82, 2.24) is 15.0 Å². The Labute approximate surface area is 125 Å². The molecule has 0 aliphatic carbocycles. The summed E-state index contributed by atoms with van der Waals surface area (Å²) in [5.41, 5.74) is 3.10. The number of rotatable bonds is 4. The summed E-state index contributed by atoms with van der Waals surface area (Å²) in [6.45, 7) is 6.47. The standard InChI is InChI=1S/C16H20N4O/c1-12-9-18-13(2)16(19-12)20-8-5-15(10-20)21-11-14-3-6-17-7-4-14/h3-4,6-7,9,15H,5,8,10-11H2,1-2H3. The predicted molar refractivity (Wildman–Crippen MR) is 81.2 cm³/mol. The highest BCUT2D eigenvalue weighted by Crippen LogP contribution is 2.22. The fourth-order valence-electron chi connectivity index (χ4n) is 2.57. The quantitative estimate of drug-likeness (QED) is 0.862. The minimum Gasteiger partial charge on any atom is -0.372 e. The van der Waals surface area contributed by atoms with Gasteiger partial charge in [-0.1, -0.05) is 0 Å². The Bertz CT molecular complexity index is 602. The van der Waals surface area contributed by atoms with E-state index in [2.05, 4.69) is 19.9 Å². The summed E-state index contributed by atoms with van der Waals surface area (Å²) in [6.07, 6.45) is 6.68. The van der Waals surface area contributed by atoms with E-state index in [1.54, 1.807) is 12.4 Å². The molecule has 2 aromatic rings. The lowest BCUT2D eigenvalue weighted by Crippen LogP contribution is -2.25. The first-order valence-corrected chi connectivity index (χ1v) is 7.28.